The standard InChI is InChI=1S/C28H26N2O7/c1-15-25(29-16(2)31)24(36-5)14-19-13-22(28(33)37-26(15)19)30-27(32)18-9-10-23(35-4)21(12-18)17-7-6-8-20(11-17)34-3/h6-14H,1-5H3,(H,29,31)(H,30,32). The third-order valence-electron chi connectivity index (χ3n) is 5.84. The summed E-state index contributed by atoms with van der Waals surface area (Å²) in [4.78, 5) is 37.5. The Hall–Kier alpha value is -4.79. The van der Waals surface area contributed by atoms with Gasteiger partial charge < -0.3 is 29.3 Å². The Balaban J connectivity index is 1.72. The lowest BCUT2D eigenvalue weighted by Crippen LogP contribution is -2.18. The summed E-state index contributed by atoms with van der Waals surface area (Å²) in [5, 5.41) is 5.85. The molecule has 2 N–H and O–H groups in total. The molecule has 0 saturated carbocycles. The number of amides is 2. The number of rotatable bonds is 7. The molecule has 0 spiro atoms. The molecule has 1 aromatic heterocycles. The molecule has 0 bridgehead atoms. The van der Waals surface area contributed by atoms with Gasteiger partial charge in [0.1, 0.15) is 28.5 Å². The quantitative estimate of drug-likeness (QED) is 0.342. The SMILES string of the molecule is COc1cccc(-c2cc(C(=O)Nc3cc4cc(OC)c(NC(C)=O)c(C)c4oc3=O)ccc2OC)c1. The minimum atomic E-state index is -0.732. The van der Waals surface area contributed by atoms with Crippen molar-refractivity contribution in [1.82, 2.24) is 0 Å². The summed E-state index contributed by atoms with van der Waals surface area (Å²) in [6.45, 7) is 3.07. The number of hydrogen-bond acceptors (Lipinski definition) is 7. The van der Waals surface area contributed by atoms with Gasteiger partial charge in [-0.2, -0.15) is 0 Å². The first-order valence-electron chi connectivity index (χ1n) is 11.3. The Bertz CT molecular complexity index is 1570. The van der Waals surface area contributed by atoms with E-state index in [4.69, 9.17) is 18.6 Å². The smallest absolute Gasteiger partial charge is 0.360 e. The van der Waals surface area contributed by atoms with Crippen LogP contribution in [0, 0.1) is 6.92 Å². The monoisotopic (exact) mass is 502 g/mol. The molecule has 190 valence electrons. The van der Waals surface area contributed by atoms with Crippen LogP contribution in [0.1, 0.15) is 22.8 Å². The number of anilines is 2. The number of benzene rings is 3. The van der Waals surface area contributed by atoms with E-state index in [0.717, 1.165) is 5.56 Å². The molecule has 2 amide bonds. The summed E-state index contributed by atoms with van der Waals surface area (Å²) in [5.41, 5.74) is 2.24. The topological polar surface area (TPSA) is 116 Å². The average Bonchev–Trinajstić information content (AvgIpc) is 2.90. The maximum Gasteiger partial charge on any atom is 0.360 e. The number of methoxy groups -OCH3 is 3. The molecule has 0 aliphatic heterocycles. The van der Waals surface area contributed by atoms with Gasteiger partial charge in [-0.25, -0.2) is 4.79 Å². The van der Waals surface area contributed by atoms with E-state index in [9.17, 15) is 14.4 Å². The maximum atomic E-state index is 13.1. The molecule has 4 aromatic rings. The Morgan fingerprint density at radius 1 is 0.865 bits per heavy atom. The second kappa shape index (κ2) is 10.4. The fourth-order valence-corrected chi connectivity index (χ4v) is 4.04. The van der Waals surface area contributed by atoms with Crippen LogP contribution in [0.4, 0.5) is 11.4 Å². The number of carbonyl (C=O) groups is 2. The van der Waals surface area contributed by atoms with E-state index in [0.29, 0.717) is 45.0 Å². The number of hydrogen-bond donors (Lipinski definition) is 2. The lowest BCUT2D eigenvalue weighted by molar-refractivity contribution is -0.114. The fraction of sp³-hybridized carbons (Fsp3) is 0.179. The molecule has 9 heteroatoms. The van der Waals surface area contributed by atoms with Crippen LogP contribution in [-0.4, -0.2) is 33.1 Å². The van der Waals surface area contributed by atoms with Gasteiger partial charge in [0, 0.05) is 29.0 Å². The first-order chi connectivity index (χ1) is 17.7. The number of ether oxygens (including phenoxy) is 3. The molecule has 9 nitrogen and oxygen atoms in total. The van der Waals surface area contributed by atoms with Crippen molar-refractivity contribution in [3.63, 3.8) is 0 Å². The first-order valence-corrected chi connectivity index (χ1v) is 11.3. The largest absolute Gasteiger partial charge is 0.497 e. The summed E-state index contributed by atoms with van der Waals surface area (Å²) < 4.78 is 21.7. The van der Waals surface area contributed by atoms with Crippen molar-refractivity contribution in [2.24, 2.45) is 0 Å². The number of fused-ring (bicyclic) bond motifs is 1. The summed E-state index contributed by atoms with van der Waals surface area (Å²) in [6, 6.07) is 15.5. The van der Waals surface area contributed by atoms with Gasteiger partial charge in [-0.05, 0) is 55.0 Å². The van der Waals surface area contributed by atoms with Crippen molar-refractivity contribution >= 4 is 34.2 Å². The van der Waals surface area contributed by atoms with Crippen molar-refractivity contribution in [3.05, 3.63) is 76.1 Å². The van der Waals surface area contributed by atoms with Gasteiger partial charge in [-0.15, -0.1) is 0 Å². The molecule has 0 aliphatic carbocycles. The van der Waals surface area contributed by atoms with E-state index in [2.05, 4.69) is 10.6 Å². The Morgan fingerprint density at radius 3 is 2.30 bits per heavy atom. The van der Waals surface area contributed by atoms with Gasteiger partial charge in [0.15, 0.2) is 0 Å². The van der Waals surface area contributed by atoms with Gasteiger partial charge in [0.05, 0.1) is 27.0 Å². The Morgan fingerprint density at radius 2 is 1.62 bits per heavy atom. The lowest BCUT2D eigenvalue weighted by atomic mass is 10.0. The van der Waals surface area contributed by atoms with Crippen LogP contribution in [0.25, 0.3) is 22.1 Å². The highest BCUT2D eigenvalue weighted by Gasteiger charge is 2.18. The van der Waals surface area contributed by atoms with E-state index in [1.165, 1.54) is 20.1 Å². The summed E-state index contributed by atoms with van der Waals surface area (Å²) >= 11 is 0. The summed E-state index contributed by atoms with van der Waals surface area (Å²) in [6.07, 6.45) is 0. The number of carbonyl (C=O) groups excluding carboxylic acids is 2. The molecule has 4 rings (SSSR count). The number of aryl methyl sites for hydroxylation is 1. The van der Waals surface area contributed by atoms with Crippen LogP contribution >= 0.6 is 0 Å². The molecule has 0 unspecified atom stereocenters. The third-order valence-corrected chi connectivity index (χ3v) is 5.84. The minimum Gasteiger partial charge on any atom is -0.497 e. The van der Waals surface area contributed by atoms with Crippen molar-refractivity contribution in [1.29, 1.82) is 0 Å². The van der Waals surface area contributed by atoms with Crippen LogP contribution < -0.4 is 30.5 Å². The Kier molecular flexibility index (Phi) is 7.15. The maximum absolute atomic E-state index is 13.1. The van der Waals surface area contributed by atoms with Crippen LogP contribution in [0.15, 0.2) is 63.8 Å². The molecule has 37 heavy (non-hydrogen) atoms. The minimum absolute atomic E-state index is 0.0371. The molecule has 0 aliphatic rings. The molecule has 3 aromatic carbocycles. The van der Waals surface area contributed by atoms with Gasteiger partial charge in [0.25, 0.3) is 5.91 Å². The zero-order chi connectivity index (χ0) is 26.7. The van der Waals surface area contributed by atoms with E-state index in [1.807, 2.05) is 24.3 Å². The molecule has 0 atom stereocenters. The normalized spacial score (nSPS) is 10.6. The summed E-state index contributed by atoms with van der Waals surface area (Å²) in [5.74, 6) is 0.837. The van der Waals surface area contributed by atoms with Crippen molar-refractivity contribution in [2.45, 2.75) is 13.8 Å². The molecule has 0 radical (unpaired) electrons. The van der Waals surface area contributed by atoms with Gasteiger partial charge in [0.2, 0.25) is 5.91 Å². The van der Waals surface area contributed by atoms with Crippen molar-refractivity contribution in [3.8, 4) is 28.4 Å². The highest BCUT2D eigenvalue weighted by Crippen LogP contribution is 2.36. The van der Waals surface area contributed by atoms with Crippen LogP contribution in [0.5, 0.6) is 17.2 Å². The molecular formula is C28H26N2O7. The van der Waals surface area contributed by atoms with Crippen LogP contribution in [-0.2, 0) is 4.79 Å². The number of nitrogens with one attached hydrogen (secondary N) is 2. The van der Waals surface area contributed by atoms with Gasteiger partial charge in [-0.1, -0.05) is 12.1 Å². The highest BCUT2D eigenvalue weighted by molar-refractivity contribution is 6.06. The fourth-order valence-electron chi connectivity index (χ4n) is 4.04. The molecule has 0 fully saturated rings. The second-order valence-electron chi connectivity index (χ2n) is 8.23. The van der Waals surface area contributed by atoms with Gasteiger partial charge >= 0.3 is 5.63 Å². The van der Waals surface area contributed by atoms with Crippen molar-refractivity contribution < 1.29 is 28.2 Å². The van der Waals surface area contributed by atoms with E-state index in [-0.39, 0.29) is 17.2 Å². The lowest BCUT2D eigenvalue weighted by Gasteiger charge is -2.15. The zero-order valence-corrected chi connectivity index (χ0v) is 21.1. The average molecular weight is 503 g/mol. The van der Waals surface area contributed by atoms with Gasteiger partial charge in [-0.3, -0.25) is 9.59 Å². The predicted molar refractivity (Wildman–Crippen MR) is 141 cm³/mol. The van der Waals surface area contributed by atoms with E-state index >= 15 is 0 Å². The summed E-state index contributed by atoms with van der Waals surface area (Å²) in [7, 11) is 4.59. The van der Waals surface area contributed by atoms with E-state index < -0.39 is 11.5 Å². The van der Waals surface area contributed by atoms with E-state index in [1.54, 1.807) is 45.4 Å². The van der Waals surface area contributed by atoms with Crippen LogP contribution in [0.3, 0.4) is 0 Å². The molecule has 1 heterocycles. The van der Waals surface area contributed by atoms with Crippen molar-refractivity contribution in [2.75, 3.05) is 32.0 Å². The Labute approximate surface area is 213 Å². The predicted octanol–water partition coefficient (Wildman–Crippen LogP) is 5.00. The third kappa shape index (κ3) is 5.11. The highest BCUT2D eigenvalue weighted by atomic mass is 16.5. The zero-order valence-electron chi connectivity index (χ0n) is 21.1. The molecular weight excluding hydrogens is 476 g/mol. The molecule has 0 saturated heterocycles. The van der Waals surface area contributed by atoms with Crippen LogP contribution in [0.2, 0.25) is 0 Å². The second-order valence-corrected chi connectivity index (χ2v) is 8.23. The first kappa shape index (κ1) is 25.3.